The Morgan fingerprint density at radius 3 is 2.43 bits per heavy atom. The summed E-state index contributed by atoms with van der Waals surface area (Å²) in [6.45, 7) is 3.00. The van der Waals surface area contributed by atoms with Crippen LogP contribution in [-0.2, 0) is 11.3 Å². The molecule has 158 valence electrons. The molecule has 1 spiro atoms. The highest BCUT2D eigenvalue weighted by atomic mass is 16.5. The van der Waals surface area contributed by atoms with Crippen molar-refractivity contribution in [3.8, 4) is 5.75 Å². The molecule has 0 atom stereocenters. The first kappa shape index (κ1) is 20.5. The number of carbonyl (C=O) groups is 2. The zero-order valence-corrected chi connectivity index (χ0v) is 17.7. The number of benzene rings is 2. The first-order valence-electron chi connectivity index (χ1n) is 10.8. The monoisotopic (exact) mass is 406 g/mol. The van der Waals surface area contributed by atoms with E-state index in [2.05, 4.69) is 12.1 Å². The van der Waals surface area contributed by atoms with Gasteiger partial charge in [-0.3, -0.25) is 9.59 Å². The summed E-state index contributed by atoms with van der Waals surface area (Å²) in [5, 5.41) is 0. The third kappa shape index (κ3) is 4.50. The van der Waals surface area contributed by atoms with E-state index in [1.165, 1.54) is 5.56 Å². The summed E-state index contributed by atoms with van der Waals surface area (Å²) in [4.78, 5) is 29.6. The number of piperidine rings is 1. The van der Waals surface area contributed by atoms with Crippen molar-refractivity contribution in [1.29, 1.82) is 0 Å². The van der Waals surface area contributed by atoms with Crippen molar-refractivity contribution in [3.05, 3.63) is 65.7 Å². The molecule has 0 N–H and O–H groups in total. The van der Waals surface area contributed by atoms with Crippen LogP contribution < -0.4 is 4.74 Å². The lowest BCUT2D eigenvalue weighted by molar-refractivity contribution is -0.131. The predicted molar refractivity (Wildman–Crippen MR) is 116 cm³/mol. The summed E-state index contributed by atoms with van der Waals surface area (Å²) in [5.74, 6) is 1.03. The minimum absolute atomic E-state index is 0.0687. The van der Waals surface area contributed by atoms with E-state index in [1.807, 2.05) is 46.2 Å². The lowest BCUT2D eigenvalue weighted by Crippen LogP contribution is -2.43. The van der Waals surface area contributed by atoms with Crippen LogP contribution in [0, 0.1) is 5.41 Å². The second kappa shape index (κ2) is 8.90. The number of hydrogen-bond donors (Lipinski definition) is 0. The number of methoxy groups -OCH3 is 1. The van der Waals surface area contributed by atoms with E-state index in [4.69, 9.17) is 4.74 Å². The summed E-state index contributed by atoms with van der Waals surface area (Å²) in [6, 6.07) is 17.6. The quantitative estimate of drug-likeness (QED) is 0.767. The van der Waals surface area contributed by atoms with E-state index in [1.54, 1.807) is 13.2 Å². The van der Waals surface area contributed by atoms with Crippen LogP contribution in [0.3, 0.4) is 0 Å². The number of rotatable bonds is 4. The van der Waals surface area contributed by atoms with Gasteiger partial charge in [0.15, 0.2) is 0 Å². The zero-order valence-electron chi connectivity index (χ0n) is 17.7. The van der Waals surface area contributed by atoms with E-state index in [-0.39, 0.29) is 17.2 Å². The van der Waals surface area contributed by atoms with Crippen molar-refractivity contribution in [2.45, 2.75) is 38.6 Å². The van der Waals surface area contributed by atoms with E-state index in [9.17, 15) is 9.59 Å². The smallest absolute Gasteiger partial charge is 0.253 e. The van der Waals surface area contributed by atoms with Crippen LogP contribution in [0.4, 0.5) is 0 Å². The number of ether oxygens (including phenoxy) is 1. The molecule has 0 saturated carbocycles. The number of hydrogen-bond acceptors (Lipinski definition) is 3. The molecule has 5 nitrogen and oxygen atoms in total. The molecule has 4 rings (SSSR count). The van der Waals surface area contributed by atoms with Crippen molar-refractivity contribution in [2.24, 2.45) is 5.41 Å². The van der Waals surface area contributed by atoms with Crippen LogP contribution in [-0.4, -0.2) is 48.4 Å². The third-order valence-electron chi connectivity index (χ3n) is 6.78. The van der Waals surface area contributed by atoms with Gasteiger partial charge in [-0.2, -0.15) is 0 Å². The van der Waals surface area contributed by atoms with Gasteiger partial charge in [-0.1, -0.05) is 36.4 Å². The van der Waals surface area contributed by atoms with Crippen molar-refractivity contribution in [2.75, 3.05) is 26.7 Å². The summed E-state index contributed by atoms with van der Waals surface area (Å²) in [7, 11) is 1.61. The van der Waals surface area contributed by atoms with E-state index in [0.29, 0.717) is 24.3 Å². The van der Waals surface area contributed by atoms with Gasteiger partial charge in [-0.25, -0.2) is 0 Å². The zero-order chi connectivity index (χ0) is 21.0. The Morgan fingerprint density at radius 1 is 0.967 bits per heavy atom. The first-order chi connectivity index (χ1) is 14.6. The molecule has 2 aromatic rings. The average Bonchev–Trinajstić information content (AvgIpc) is 2.94. The van der Waals surface area contributed by atoms with E-state index in [0.717, 1.165) is 45.3 Å². The molecule has 2 amide bonds. The first-order valence-corrected chi connectivity index (χ1v) is 10.8. The largest absolute Gasteiger partial charge is 0.497 e. The van der Waals surface area contributed by atoms with E-state index < -0.39 is 0 Å². The molecular weight excluding hydrogens is 376 g/mol. The maximum Gasteiger partial charge on any atom is 0.253 e. The Hall–Kier alpha value is -2.82. The maximum atomic E-state index is 12.9. The molecule has 2 heterocycles. The Labute approximate surface area is 178 Å². The van der Waals surface area contributed by atoms with Crippen LogP contribution in [0.25, 0.3) is 0 Å². The van der Waals surface area contributed by atoms with Gasteiger partial charge in [-0.05, 0) is 54.9 Å². The number of carbonyl (C=O) groups excluding carboxylic acids is 2. The average molecular weight is 407 g/mol. The van der Waals surface area contributed by atoms with Crippen LogP contribution in [0.15, 0.2) is 54.6 Å². The van der Waals surface area contributed by atoms with Crippen LogP contribution in [0.1, 0.15) is 48.0 Å². The second-order valence-corrected chi connectivity index (χ2v) is 8.58. The minimum Gasteiger partial charge on any atom is -0.497 e. The fraction of sp³-hybridized carbons (Fsp3) is 0.440. The van der Waals surface area contributed by atoms with Gasteiger partial charge in [0.25, 0.3) is 5.91 Å². The summed E-state index contributed by atoms with van der Waals surface area (Å²) in [6.07, 6.45) is 4.49. The van der Waals surface area contributed by atoms with Crippen LogP contribution >= 0.6 is 0 Å². The number of nitrogens with zero attached hydrogens (tertiary/aromatic N) is 2. The van der Waals surface area contributed by atoms with Crippen molar-refractivity contribution in [1.82, 2.24) is 9.80 Å². The topological polar surface area (TPSA) is 49.9 Å². The molecule has 2 aromatic carbocycles. The Morgan fingerprint density at radius 2 is 1.70 bits per heavy atom. The Kier molecular flexibility index (Phi) is 6.07. The molecule has 2 saturated heterocycles. The lowest BCUT2D eigenvalue weighted by atomic mass is 9.73. The molecule has 0 radical (unpaired) electrons. The van der Waals surface area contributed by atoms with Gasteiger partial charge in [-0.15, -0.1) is 0 Å². The van der Waals surface area contributed by atoms with Gasteiger partial charge < -0.3 is 14.5 Å². The molecule has 2 fully saturated rings. The molecule has 0 aliphatic carbocycles. The summed E-state index contributed by atoms with van der Waals surface area (Å²) < 4.78 is 5.25. The van der Waals surface area contributed by atoms with E-state index >= 15 is 0 Å². The molecular formula is C25H30N2O3. The SMILES string of the molecule is COc1cccc(C(=O)N2CCC3(CCC(=O)N(Cc4ccccc4)CC3)CC2)c1. The molecule has 5 heteroatoms. The Balaban J connectivity index is 1.36. The highest BCUT2D eigenvalue weighted by Crippen LogP contribution is 2.42. The number of amides is 2. The standard InChI is InChI=1S/C25H30N2O3/c1-30-22-9-5-8-21(18-22)24(29)26-15-12-25(13-16-26)11-10-23(28)27(17-14-25)19-20-6-3-2-4-7-20/h2-9,18H,10-17,19H2,1H3. The normalized spacial score (nSPS) is 18.9. The predicted octanol–water partition coefficient (Wildman–Crippen LogP) is 4.13. The summed E-state index contributed by atoms with van der Waals surface area (Å²) in [5.41, 5.74) is 2.03. The van der Waals surface area contributed by atoms with Crippen molar-refractivity contribution < 1.29 is 14.3 Å². The molecule has 2 aliphatic rings. The molecule has 30 heavy (non-hydrogen) atoms. The molecule has 0 unspecified atom stereocenters. The van der Waals surface area contributed by atoms with Gasteiger partial charge in [0.1, 0.15) is 5.75 Å². The molecule has 2 aliphatic heterocycles. The van der Waals surface area contributed by atoms with Gasteiger partial charge >= 0.3 is 0 Å². The maximum absolute atomic E-state index is 12.9. The van der Waals surface area contributed by atoms with Gasteiger partial charge in [0.05, 0.1) is 7.11 Å². The fourth-order valence-electron chi connectivity index (χ4n) is 4.75. The highest BCUT2D eigenvalue weighted by molar-refractivity contribution is 5.94. The minimum atomic E-state index is 0.0687. The second-order valence-electron chi connectivity index (χ2n) is 8.58. The highest BCUT2D eigenvalue weighted by Gasteiger charge is 2.39. The van der Waals surface area contributed by atoms with Crippen LogP contribution in [0.2, 0.25) is 0 Å². The molecule has 0 aromatic heterocycles. The molecule has 0 bridgehead atoms. The van der Waals surface area contributed by atoms with Crippen molar-refractivity contribution >= 4 is 11.8 Å². The van der Waals surface area contributed by atoms with Crippen molar-refractivity contribution in [3.63, 3.8) is 0 Å². The third-order valence-corrected chi connectivity index (χ3v) is 6.78. The van der Waals surface area contributed by atoms with Gasteiger partial charge in [0, 0.05) is 38.2 Å². The fourth-order valence-corrected chi connectivity index (χ4v) is 4.75. The lowest BCUT2D eigenvalue weighted by Gasteiger charge is -2.41. The van der Waals surface area contributed by atoms with Crippen LogP contribution in [0.5, 0.6) is 5.75 Å². The van der Waals surface area contributed by atoms with Gasteiger partial charge in [0.2, 0.25) is 5.91 Å². The Bertz CT molecular complexity index is 888. The summed E-state index contributed by atoms with van der Waals surface area (Å²) >= 11 is 0. The number of likely N-dealkylation sites (tertiary alicyclic amines) is 2.